The van der Waals surface area contributed by atoms with Gasteiger partial charge in [-0.1, -0.05) is 11.6 Å². The van der Waals surface area contributed by atoms with E-state index in [1.807, 2.05) is 13.1 Å². The molecule has 18 heavy (non-hydrogen) atoms. The second-order valence-electron chi connectivity index (χ2n) is 4.44. The summed E-state index contributed by atoms with van der Waals surface area (Å²) in [5.41, 5.74) is 0.828. The van der Waals surface area contributed by atoms with Gasteiger partial charge in [0.25, 0.3) is 0 Å². The van der Waals surface area contributed by atoms with Crippen molar-refractivity contribution in [3.63, 3.8) is 0 Å². The molecule has 0 radical (unpaired) electrons. The number of anilines is 1. The van der Waals surface area contributed by atoms with Gasteiger partial charge in [0.1, 0.15) is 5.75 Å². The third-order valence-corrected chi connectivity index (χ3v) is 3.40. The molecule has 98 valence electrons. The number of ether oxygens (including phenoxy) is 1. The summed E-state index contributed by atoms with van der Waals surface area (Å²) >= 11 is 5.93. The number of amides is 1. The van der Waals surface area contributed by atoms with Crippen LogP contribution in [0.3, 0.4) is 0 Å². The number of likely N-dealkylation sites (N-methyl/N-ethyl adjacent to an activating group) is 1. The number of carbonyl (C=O) groups is 1. The maximum Gasteiger partial charge on any atom is 0.241 e. The average Bonchev–Trinajstić information content (AvgIpc) is 3.20. The van der Waals surface area contributed by atoms with Crippen LogP contribution in [0.25, 0.3) is 0 Å². The first kappa shape index (κ1) is 13.0. The second-order valence-corrected chi connectivity index (χ2v) is 4.85. The lowest BCUT2D eigenvalue weighted by atomic mass is 10.3. The Balaban J connectivity index is 1.91. The van der Waals surface area contributed by atoms with E-state index in [-0.39, 0.29) is 12.5 Å². The molecule has 1 aliphatic rings. The van der Waals surface area contributed by atoms with Crippen LogP contribution in [0.15, 0.2) is 18.2 Å². The predicted molar refractivity (Wildman–Crippen MR) is 72.3 cm³/mol. The summed E-state index contributed by atoms with van der Waals surface area (Å²) in [6.07, 6.45) is 2.24. The first-order valence-corrected chi connectivity index (χ1v) is 6.32. The molecule has 0 aromatic heterocycles. The van der Waals surface area contributed by atoms with Gasteiger partial charge in [0.15, 0.2) is 0 Å². The Labute approximate surface area is 112 Å². The minimum Gasteiger partial charge on any atom is -0.495 e. The first-order valence-electron chi connectivity index (χ1n) is 5.95. The normalized spacial score (nSPS) is 14.2. The van der Waals surface area contributed by atoms with Crippen LogP contribution in [-0.2, 0) is 4.79 Å². The van der Waals surface area contributed by atoms with Crippen molar-refractivity contribution in [1.82, 2.24) is 4.90 Å². The summed E-state index contributed by atoms with van der Waals surface area (Å²) in [6, 6.07) is 5.80. The van der Waals surface area contributed by atoms with Crippen LogP contribution in [0.2, 0.25) is 5.02 Å². The Morgan fingerprint density at radius 1 is 1.56 bits per heavy atom. The molecular formula is C13H17ClN2O2. The highest BCUT2D eigenvalue weighted by molar-refractivity contribution is 6.32. The first-order chi connectivity index (χ1) is 8.61. The molecule has 1 N–H and O–H groups in total. The number of halogens is 1. The lowest BCUT2D eigenvalue weighted by Crippen LogP contribution is -2.33. The van der Waals surface area contributed by atoms with E-state index < -0.39 is 0 Å². The molecule has 0 unspecified atom stereocenters. The van der Waals surface area contributed by atoms with Gasteiger partial charge < -0.3 is 15.0 Å². The van der Waals surface area contributed by atoms with Crippen LogP contribution >= 0.6 is 11.6 Å². The van der Waals surface area contributed by atoms with Crippen molar-refractivity contribution >= 4 is 23.2 Å². The fourth-order valence-electron chi connectivity index (χ4n) is 1.74. The topological polar surface area (TPSA) is 41.6 Å². The third-order valence-electron chi connectivity index (χ3n) is 3.08. The van der Waals surface area contributed by atoms with Gasteiger partial charge in [-0.05, 0) is 25.0 Å². The molecule has 0 heterocycles. The maximum absolute atomic E-state index is 11.8. The number of hydrogen-bond acceptors (Lipinski definition) is 3. The van der Waals surface area contributed by atoms with E-state index in [0.717, 1.165) is 18.5 Å². The smallest absolute Gasteiger partial charge is 0.241 e. The summed E-state index contributed by atoms with van der Waals surface area (Å²) in [5.74, 6) is 0.705. The van der Waals surface area contributed by atoms with E-state index in [9.17, 15) is 4.79 Å². The molecule has 1 aliphatic carbocycles. The van der Waals surface area contributed by atoms with Crippen molar-refractivity contribution in [3.8, 4) is 5.75 Å². The van der Waals surface area contributed by atoms with Crippen LogP contribution < -0.4 is 10.1 Å². The molecule has 1 fully saturated rings. The summed E-state index contributed by atoms with van der Waals surface area (Å²) < 4.78 is 5.12. The predicted octanol–water partition coefficient (Wildman–Crippen LogP) is 2.38. The van der Waals surface area contributed by atoms with Gasteiger partial charge in [0, 0.05) is 24.8 Å². The summed E-state index contributed by atoms with van der Waals surface area (Å²) in [6.45, 7) is 0.289. The number of benzene rings is 1. The zero-order valence-electron chi connectivity index (χ0n) is 10.6. The van der Waals surface area contributed by atoms with Crippen molar-refractivity contribution in [2.24, 2.45) is 0 Å². The second kappa shape index (κ2) is 5.48. The highest BCUT2D eigenvalue weighted by Gasteiger charge is 2.29. The lowest BCUT2D eigenvalue weighted by molar-refractivity contribution is -0.128. The number of nitrogens with zero attached hydrogens (tertiary/aromatic N) is 1. The van der Waals surface area contributed by atoms with Gasteiger partial charge in [0.05, 0.1) is 18.7 Å². The van der Waals surface area contributed by atoms with Crippen molar-refractivity contribution in [2.45, 2.75) is 18.9 Å². The average molecular weight is 269 g/mol. The van der Waals surface area contributed by atoms with Crippen LogP contribution in [0.5, 0.6) is 5.75 Å². The number of carbonyl (C=O) groups excluding carboxylic acids is 1. The molecule has 1 saturated carbocycles. The molecule has 0 saturated heterocycles. The fourth-order valence-corrected chi connectivity index (χ4v) is 1.93. The zero-order valence-corrected chi connectivity index (χ0v) is 11.3. The third kappa shape index (κ3) is 3.07. The Hall–Kier alpha value is -1.42. The van der Waals surface area contributed by atoms with E-state index in [1.165, 1.54) is 0 Å². The van der Waals surface area contributed by atoms with E-state index in [1.54, 1.807) is 24.1 Å². The van der Waals surface area contributed by atoms with E-state index >= 15 is 0 Å². The maximum atomic E-state index is 11.8. The standard InChI is InChI=1S/C13H17ClN2O2/c1-16(10-4-5-10)13(17)8-15-9-3-6-11(14)12(7-9)18-2/h3,6-7,10,15H,4-5,8H2,1-2H3. The Morgan fingerprint density at radius 3 is 2.89 bits per heavy atom. The van der Waals surface area contributed by atoms with E-state index in [0.29, 0.717) is 16.8 Å². The van der Waals surface area contributed by atoms with Gasteiger partial charge in [-0.2, -0.15) is 0 Å². The lowest BCUT2D eigenvalue weighted by Gasteiger charge is -2.17. The fraction of sp³-hybridized carbons (Fsp3) is 0.462. The zero-order chi connectivity index (χ0) is 13.1. The summed E-state index contributed by atoms with van der Waals surface area (Å²) in [7, 11) is 3.42. The SMILES string of the molecule is COc1cc(NCC(=O)N(C)C2CC2)ccc1Cl. The number of methoxy groups -OCH3 is 1. The van der Waals surface area contributed by atoms with Crippen molar-refractivity contribution in [2.75, 3.05) is 26.0 Å². The van der Waals surface area contributed by atoms with Crippen molar-refractivity contribution in [3.05, 3.63) is 23.2 Å². The van der Waals surface area contributed by atoms with Crippen LogP contribution in [0.1, 0.15) is 12.8 Å². The molecule has 0 aliphatic heterocycles. The van der Waals surface area contributed by atoms with Gasteiger partial charge in [-0.15, -0.1) is 0 Å². The van der Waals surface area contributed by atoms with Crippen LogP contribution in [0, 0.1) is 0 Å². The Kier molecular flexibility index (Phi) is 3.97. The summed E-state index contributed by atoms with van der Waals surface area (Å²) in [4.78, 5) is 13.6. The Morgan fingerprint density at radius 2 is 2.28 bits per heavy atom. The van der Waals surface area contributed by atoms with E-state index in [4.69, 9.17) is 16.3 Å². The number of rotatable bonds is 5. The monoisotopic (exact) mass is 268 g/mol. The summed E-state index contributed by atoms with van der Waals surface area (Å²) in [5, 5.41) is 3.64. The molecule has 1 amide bonds. The number of nitrogens with one attached hydrogen (secondary N) is 1. The van der Waals surface area contributed by atoms with Gasteiger partial charge in [-0.3, -0.25) is 4.79 Å². The highest BCUT2D eigenvalue weighted by Crippen LogP contribution is 2.28. The van der Waals surface area contributed by atoms with Gasteiger partial charge in [0.2, 0.25) is 5.91 Å². The van der Waals surface area contributed by atoms with Crippen molar-refractivity contribution < 1.29 is 9.53 Å². The largest absolute Gasteiger partial charge is 0.495 e. The van der Waals surface area contributed by atoms with E-state index in [2.05, 4.69) is 5.32 Å². The molecule has 2 rings (SSSR count). The molecule has 0 bridgehead atoms. The minimum absolute atomic E-state index is 0.103. The highest BCUT2D eigenvalue weighted by atomic mass is 35.5. The van der Waals surface area contributed by atoms with Gasteiger partial charge in [-0.25, -0.2) is 0 Å². The minimum atomic E-state index is 0.103. The molecule has 4 nitrogen and oxygen atoms in total. The van der Waals surface area contributed by atoms with Crippen LogP contribution in [-0.4, -0.2) is 37.6 Å². The number of hydrogen-bond donors (Lipinski definition) is 1. The quantitative estimate of drug-likeness (QED) is 0.892. The molecule has 0 atom stereocenters. The Bertz CT molecular complexity index is 447. The van der Waals surface area contributed by atoms with Gasteiger partial charge >= 0.3 is 0 Å². The molecule has 1 aromatic carbocycles. The molecular weight excluding hydrogens is 252 g/mol. The molecule has 5 heteroatoms. The van der Waals surface area contributed by atoms with Crippen LogP contribution in [0.4, 0.5) is 5.69 Å². The van der Waals surface area contributed by atoms with Crippen molar-refractivity contribution in [1.29, 1.82) is 0 Å². The molecule has 1 aromatic rings. The molecule has 0 spiro atoms.